The van der Waals surface area contributed by atoms with E-state index in [1.807, 2.05) is 11.9 Å². The smallest absolute Gasteiger partial charge is 0.341 e. The van der Waals surface area contributed by atoms with Crippen LogP contribution in [-0.2, 0) is 9.84 Å². The summed E-state index contributed by atoms with van der Waals surface area (Å²) >= 11 is 0. The predicted molar refractivity (Wildman–Crippen MR) is 69.3 cm³/mol. The summed E-state index contributed by atoms with van der Waals surface area (Å²) in [6, 6.07) is 5.96. The van der Waals surface area contributed by atoms with Crippen molar-refractivity contribution in [3.05, 3.63) is 24.3 Å². The second-order valence-corrected chi connectivity index (χ2v) is 6.45. The number of para-hydroxylation sites is 1. The number of hydrogen-bond acceptors (Lipinski definition) is 4. The molecule has 19 heavy (non-hydrogen) atoms. The second-order valence-electron chi connectivity index (χ2n) is 4.56. The molecule has 1 aromatic rings. The molecular weight excluding hydrogens is 274 g/mol. The first-order chi connectivity index (χ1) is 8.93. The van der Waals surface area contributed by atoms with E-state index in [4.69, 9.17) is 0 Å². The van der Waals surface area contributed by atoms with Gasteiger partial charge in [0.15, 0.2) is 0 Å². The van der Waals surface area contributed by atoms with Gasteiger partial charge in [-0.2, -0.15) is 8.78 Å². The Bertz CT molecular complexity index is 540. The highest BCUT2D eigenvalue weighted by molar-refractivity contribution is 7.91. The van der Waals surface area contributed by atoms with Gasteiger partial charge in [0.05, 0.1) is 10.6 Å². The average Bonchev–Trinajstić information content (AvgIpc) is 2.39. The Morgan fingerprint density at radius 1 is 1.11 bits per heavy atom. The normalized spacial score (nSPS) is 18.0. The van der Waals surface area contributed by atoms with E-state index in [0.29, 0.717) is 18.8 Å². The topological polar surface area (TPSA) is 40.6 Å². The average molecular weight is 290 g/mol. The van der Waals surface area contributed by atoms with Crippen molar-refractivity contribution in [3.63, 3.8) is 0 Å². The summed E-state index contributed by atoms with van der Waals surface area (Å²) in [5.41, 5.74) is 0.371. The van der Waals surface area contributed by atoms with Gasteiger partial charge in [0, 0.05) is 26.2 Å². The van der Waals surface area contributed by atoms with Crippen LogP contribution in [0, 0.1) is 0 Å². The highest BCUT2D eigenvalue weighted by atomic mass is 32.2. The van der Waals surface area contributed by atoms with Gasteiger partial charge < -0.3 is 9.80 Å². The molecular formula is C12H16F2N2O2S. The molecule has 4 nitrogen and oxygen atoms in total. The summed E-state index contributed by atoms with van der Waals surface area (Å²) in [5.74, 6) is -3.39. The highest BCUT2D eigenvalue weighted by Crippen LogP contribution is 2.29. The second kappa shape index (κ2) is 5.42. The van der Waals surface area contributed by atoms with Crippen LogP contribution in [0.3, 0.4) is 0 Å². The molecule has 0 aliphatic carbocycles. The number of likely N-dealkylation sites (N-methyl/N-ethyl adjacent to an activating group) is 1. The zero-order valence-electron chi connectivity index (χ0n) is 10.6. The molecule has 1 aliphatic heterocycles. The first kappa shape index (κ1) is 14.2. The number of nitrogens with zero attached hydrogens (tertiary/aromatic N) is 2. The molecule has 1 aromatic carbocycles. The van der Waals surface area contributed by atoms with Crippen molar-refractivity contribution in [1.29, 1.82) is 0 Å². The van der Waals surface area contributed by atoms with Gasteiger partial charge in [-0.15, -0.1) is 0 Å². The van der Waals surface area contributed by atoms with Gasteiger partial charge in [0.1, 0.15) is 0 Å². The third-order valence-electron chi connectivity index (χ3n) is 3.25. The molecule has 1 fully saturated rings. The Hall–Kier alpha value is -1.21. The van der Waals surface area contributed by atoms with Crippen LogP contribution < -0.4 is 4.90 Å². The molecule has 0 radical (unpaired) electrons. The zero-order valence-corrected chi connectivity index (χ0v) is 11.4. The predicted octanol–water partition coefficient (Wildman–Crippen LogP) is 1.43. The van der Waals surface area contributed by atoms with E-state index in [0.717, 1.165) is 13.1 Å². The summed E-state index contributed by atoms with van der Waals surface area (Å²) in [4.78, 5) is 3.67. The number of piperazine rings is 1. The highest BCUT2D eigenvalue weighted by Gasteiger charge is 2.31. The van der Waals surface area contributed by atoms with Crippen molar-refractivity contribution in [3.8, 4) is 0 Å². The molecule has 0 unspecified atom stereocenters. The van der Waals surface area contributed by atoms with Crippen molar-refractivity contribution in [2.24, 2.45) is 0 Å². The molecule has 0 N–H and O–H groups in total. The van der Waals surface area contributed by atoms with Gasteiger partial charge in [-0.3, -0.25) is 0 Å². The van der Waals surface area contributed by atoms with Gasteiger partial charge in [-0.05, 0) is 19.2 Å². The van der Waals surface area contributed by atoms with Crippen LogP contribution in [0.4, 0.5) is 14.5 Å². The maximum Gasteiger partial charge on any atom is 0.341 e. The molecule has 1 saturated heterocycles. The third-order valence-corrected chi connectivity index (χ3v) is 4.68. The van der Waals surface area contributed by atoms with Crippen LogP contribution in [0.2, 0.25) is 0 Å². The number of alkyl halides is 2. The lowest BCUT2D eigenvalue weighted by molar-refractivity contribution is 0.234. The number of hydrogen-bond donors (Lipinski definition) is 0. The molecule has 106 valence electrons. The Labute approximate surface area is 111 Å². The van der Waals surface area contributed by atoms with Crippen molar-refractivity contribution < 1.29 is 17.2 Å². The Morgan fingerprint density at radius 2 is 1.68 bits per heavy atom. The van der Waals surface area contributed by atoms with Crippen LogP contribution >= 0.6 is 0 Å². The lowest BCUT2D eigenvalue weighted by atomic mass is 10.2. The summed E-state index contributed by atoms with van der Waals surface area (Å²) in [6.07, 6.45) is 0. The van der Waals surface area contributed by atoms with E-state index < -0.39 is 15.6 Å². The van der Waals surface area contributed by atoms with Crippen molar-refractivity contribution in [2.75, 3.05) is 38.1 Å². The first-order valence-corrected chi connectivity index (χ1v) is 7.52. The summed E-state index contributed by atoms with van der Waals surface area (Å²) in [5, 5.41) is 0. The summed E-state index contributed by atoms with van der Waals surface area (Å²) in [7, 11) is -2.59. The maximum atomic E-state index is 12.7. The monoisotopic (exact) mass is 290 g/mol. The van der Waals surface area contributed by atoms with E-state index >= 15 is 0 Å². The van der Waals surface area contributed by atoms with E-state index in [9.17, 15) is 17.2 Å². The van der Waals surface area contributed by atoms with Crippen LogP contribution in [-0.4, -0.2) is 52.3 Å². The maximum absolute atomic E-state index is 12.7. The summed E-state index contributed by atoms with van der Waals surface area (Å²) in [6.45, 7) is 2.82. The number of halogens is 2. The molecule has 0 spiro atoms. The Balaban J connectivity index is 2.37. The molecule has 7 heteroatoms. The van der Waals surface area contributed by atoms with E-state index in [1.54, 1.807) is 12.1 Å². The lowest BCUT2D eigenvalue weighted by Gasteiger charge is -2.34. The van der Waals surface area contributed by atoms with Crippen molar-refractivity contribution in [2.45, 2.75) is 10.7 Å². The first-order valence-electron chi connectivity index (χ1n) is 5.97. The molecule has 1 heterocycles. The minimum atomic E-state index is -4.56. The van der Waals surface area contributed by atoms with Gasteiger partial charge in [-0.1, -0.05) is 12.1 Å². The zero-order chi connectivity index (χ0) is 14.0. The van der Waals surface area contributed by atoms with Gasteiger partial charge >= 0.3 is 5.76 Å². The van der Waals surface area contributed by atoms with Crippen LogP contribution in [0.25, 0.3) is 0 Å². The number of anilines is 1. The van der Waals surface area contributed by atoms with Gasteiger partial charge in [0.2, 0.25) is 9.84 Å². The minimum absolute atomic E-state index is 0.283. The quantitative estimate of drug-likeness (QED) is 0.844. The van der Waals surface area contributed by atoms with Gasteiger partial charge in [0.25, 0.3) is 0 Å². The fourth-order valence-electron chi connectivity index (χ4n) is 2.10. The van der Waals surface area contributed by atoms with E-state index in [2.05, 4.69) is 4.90 Å². The van der Waals surface area contributed by atoms with Crippen LogP contribution in [0.5, 0.6) is 0 Å². The number of benzene rings is 1. The van der Waals surface area contributed by atoms with Crippen molar-refractivity contribution >= 4 is 15.5 Å². The molecule has 0 amide bonds. The van der Waals surface area contributed by atoms with E-state index in [-0.39, 0.29) is 4.90 Å². The molecule has 0 bridgehead atoms. The lowest BCUT2D eigenvalue weighted by Crippen LogP contribution is -2.45. The van der Waals surface area contributed by atoms with Crippen molar-refractivity contribution in [1.82, 2.24) is 4.90 Å². The fourth-order valence-corrected chi connectivity index (χ4v) is 3.05. The SMILES string of the molecule is CN1CCN(c2ccccc2S(=O)(=O)C(F)F)CC1. The minimum Gasteiger partial charge on any atom is -0.368 e. The number of rotatable bonds is 3. The van der Waals surface area contributed by atoms with Gasteiger partial charge in [-0.25, -0.2) is 8.42 Å². The Kier molecular flexibility index (Phi) is 4.05. The van der Waals surface area contributed by atoms with Crippen LogP contribution in [0.1, 0.15) is 0 Å². The van der Waals surface area contributed by atoms with Crippen LogP contribution in [0.15, 0.2) is 29.2 Å². The standard InChI is InChI=1S/C12H16F2N2O2S/c1-15-6-8-16(9-7-15)10-4-2-3-5-11(10)19(17,18)12(13)14/h2-5,12H,6-9H2,1H3. The van der Waals surface area contributed by atoms with E-state index in [1.165, 1.54) is 12.1 Å². The Morgan fingerprint density at radius 3 is 2.26 bits per heavy atom. The summed E-state index contributed by atoms with van der Waals surface area (Å²) < 4.78 is 48.7. The molecule has 0 atom stereocenters. The third kappa shape index (κ3) is 2.87. The molecule has 0 saturated carbocycles. The fraction of sp³-hybridized carbons (Fsp3) is 0.500. The molecule has 0 aromatic heterocycles. The number of sulfone groups is 1. The molecule has 1 aliphatic rings. The molecule has 2 rings (SSSR count). The largest absolute Gasteiger partial charge is 0.368 e.